The second-order valence-corrected chi connectivity index (χ2v) is 7.06. The van der Waals surface area contributed by atoms with E-state index in [1.165, 1.54) is 30.4 Å². The smallest absolute Gasteiger partial charge is 0.229 e. The Labute approximate surface area is 145 Å². The molecule has 1 saturated heterocycles. The molecule has 1 fully saturated rings. The molecule has 1 aromatic carbocycles. The van der Waals surface area contributed by atoms with Gasteiger partial charge in [-0.15, -0.1) is 0 Å². The number of para-hydroxylation sites is 1. The van der Waals surface area contributed by atoms with Crippen LogP contribution in [0.5, 0.6) is 0 Å². The Kier molecular flexibility index (Phi) is 5.03. The maximum atomic E-state index is 4.80. The molecule has 1 aliphatic heterocycles. The van der Waals surface area contributed by atoms with Crippen LogP contribution in [0.3, 0.4) is 0 Å². The highest BCUT2D eigenvalue weighted by Gasteiger charge is 2.15. The molecule has 0 spiro atoms. The van der Waals surface area contributed by atoms with Gasteiger partial charge < -0.3 is 10.2 Å². The summed E-state index contributed by atoms with van der Waals surface area (Å²) in [6.45, 7) is 10.8. The molecular formula is C20H28N4. The van der Waals surface area contributed by atoms with Gasteiger partial charge in [-0.05, 0) is 50.2 Å². The highest BCUT2D eigenvalue weighted by atomic mass is 15.2. The van der Waals surface area contributed by atoms with E-state index in [1.807, 2.05) is 6.92 Å². The first-order chi connectivity index (χ1) is 11.5. The van der Waals surface area contributed by atoms with Crippen LogP contribution in [0.25, 0.3) is 0 Å². The summed E-state index contributed by atoms with van der Waals surface area (Å²) in [5.74, 6) is 2.20. The fourth-order valence-electron chi connectivity index (χ4n) is 3.35. The molecule has 128 valence electrons. The van der Waals surface area contributed by atoms with E-state index in [9.17, 15) is 0 Å². The van der Waals surface area contributed by atoms with Gasteiger partial charge in [0.25, 0.3) is 0 Å². The van der Waals surface area contributed by atoms with Gasteiger partial charge in [-0.1, -0.05) is 32.0 Å². The minimum Gasteiger partial charge on any atom is -0.356 e. The summed E-state index contributed by atoms with van der Waals surface area (Å²) in [6.07, 6.45) is 3.83. The lowest BCUT2D eigenvalue weighted by atomic mass is 9.98. The lowest BCUT2D eigenvalue weighted by Crippen LogP contribution is -2.30. The van der Waals surface area contributed by atoms with E-state index in [4.69, 9.17) is 4.98 Å². The molecule has 2 aromatic rings. The van der Waals surface area contributed by atoms with Crippen LogP contribution in [-0.2, 0) is 0 Å². The van der Waals surface area contributed by atoms with Crippen LogP contribution in [-0.4, -0.2) is 23.1 Å². The van der Waals surface area contributed by atoms with Crippen LogP contribution < -0.4 is 10.2 Å². The van der Waals surface area contributed by atoms with Gasteiger partial charge in [-0.3, -0.25) is 0 Å². The molecule has 0 saturated carbocycles. The number of anilines is 3. The lowest BCUT2D eigenvalue weighted by Gasteiger charge is -2.28. The molecule has 2 heterocycles. The van der Waals surface area contributed by atoms with Crippen LogP contribution in [0.15, 0.2) is 24.3 Å². The standard InChI is InChI=1S/C20H28N4/c1-14(2)17-10-8-9-15(3)19(17)23-20-21-16(4)13-18(22-20)24-11-6-5-7-12-24/h8-10,13-14H,5-7,11-12H2,1-4H3,(H,21,22,23). The molecule has 24 heavy (non-hydrogen) atoms. The molecule has 0 unspecified atom stereocenters. The predicted octanol–water partition coefficient (Wildman–Crippen LogP) is 4.95. The molecule has 1 aromatic heterocycles. The zero-order valence-corrected chi connectivity index (χ0v) is 15.3. The topological polar surface area (TPSA) is 41.1 Å². The van der Waals surface area contributed by atoms with Gasteiger partial charge in [-0.2, -0.15) is 4.98 Å². The zero-order chi connectivity index (χ0) is 17.1. The normalized spacial score (nSPS) is 15.0. The van der Waals surface area contributed by atoms with Gasteiger partial charge >= 0.3 is 0 Å². The van der Waals surface area contributed by atoms with E-state index in [-0.39, 0.29) is 0 Å². The van der Waals surface area contributed by atoms with Crippen molar-refractivity contribution in [3.8, 4) is 0 Å². The number of aromatic nitrogens is 2. The van der Waals surface area contributed by atoms with Gasteiger partial charge in [0.2, 0.25) is 5.95 Å². The van der Waals surface area contributed by atoms with Crippen LogP contribution in [0.2, 0.25) is 0 Å². The van der Waals surface area contributed by atoms with E-state index in [1.54, 1.807) is 0 Å². The summed E-state index contributed by atoms with van der Waals surface area (Å²) in [5.41, 5.74) is 4.68. The van der Waals surface area contributed by atoms with Crippen molar-refractivity contribution in [2.24, 2.45) is 0 Å². The highest BCUT2D eigenvalue weighted by molar-refractivity contribution is 5.65. The number of piperidine rings is 1. The van der Waals surface area contributed by atoms with Gasteiger partial charge in [0.05, 0.1) is 0 Å². The van der Waals surface area contributed by atoms with Crippen molar-refractivity contribution >= 4 is 17.5 Å². The Morgan fingerprint density at radius 3 is 2.50 bits per heavy atom. The number of benzene rings is 1. The van der Waals surface area contributed by atoms with Crippen LogP contribution in [0.4, 0.5) is 17.5 Å². The average Bonchev–Trinajstić information content (AvgIpc) is 2.57. The van der Waals surface area contributed by atoms with Gasteiger partial charge in [-0.25, -0.2) is 4.98 Å². The molecule has 4 heteroatoms. The van der Waals surface area contributed by atoms with Gasteiger partial charge in [0, 0.05) is 30.5 Å². The number of rotatable bonds is 4. The molecule has 0 atom stereocenters. The van der Waals surface area contributed by atoms with Crippen molar-refractivity contribution < 1.29 is 0 Å². The molecule has 0 aliphatic carbocycles. The third-order valence-corrected chi connectivity index (χ3v) is 4.68. The fraction of sp³-hybridized carbons (Fsp3) is 0.500. The van der Waals surface area contributed by atoms with E-state index in [0.29, 0.717) is 11.9 Å². The Morgan fingerprint density at radius 2 is 1.79 bits per heavy atom. The summed E-state index contributed by atoms with van der Waals surface area (Å²) < 4.78 is 0. The van der Waals surface area contributed by atoms with Crippen LogP contribution in [0.1, 0.15) is 55.8 Å². The molecular weight excluding hydrogens is 296 g/mol. The SMILES string of the molecule is Cc1cc(N2CCCCC2)nc(Nc2c(C)cccc2C(C)C)n1. The van der Waals surface area contributed by atoms with E-state index >= 15 is 0 Å². The molecule has 3 rings (SSSR count). The maximum Gasteiger partial charge on any atom is 0.229 e. The van der Waals surface area contributed by atoms with E-state index in [0.717, 1.165) is 30.3 Å². The third-order valence-electron chi connectivity index (χ3n) is 4.68. The zero-order valence-electron chi connectivity index (χ0n) is 15.3. The summed E-state index contributed by atoms with van der Waals surface area (Å²) in [6, 6.07) is 8.53. The second kappa shape index (κ2) is 7.20. The van der Waals surface area contributed by atoms with Crippen LogP contribution in [0, 0.1) is 13.8 Å². The first-order valence-corrected chi connectivity index (χ1v) is 9.02. The number of hydrogen-bond acceptors (Lipinski definition) is 4. The average molecular weight is 324 g/mol. The van der Waals surface area contributed by atoms with Crippen molar-refractivity contribution in [2.75, 3.05) is 23.3 Å². The quantitative estimate of drug-likeness (QED) is 0.864. The summed E-state index contributed by atoms with van der Waals surface area (Å²) in [7, 11) is 0. The first kappa shape index (κ1) is 16.7. The van der Waals surface area contributed by atoms with Crippen molar-refractivity contribution in [3.63, 3.8) is 0 Å². The largest absolute Gasteiger partial charge is 0.356 e. The molecule has 4 nitrogen and oxygen atoms in total. The maximum absolute atomic E-state index is 4.80. The summed E-state index contributed by atoms with van der Waals surface area (Å²) in [4.78, 5) is 11.8. The summed E-state index contributed by atoms with van der Waals surface area (Å²) >= 11 is 0. The Bertz CT molecular complexity index is 703. The minimum atomic E-state index is 0.457. The number of hydrogen-bond donors (Lipinski definition) is 1. The molecule has 0 bridgehead atoms. The molecule has 0 radical (unpaired) electrons. The Morgan fingerprint density at radius 1 is 1.04 bits per heavy atom. The van der Waals surface area contributed by atoms with Gasteiger partial charge in [0.15, 0.2) is 0 Å². The second-order valence-electron chi connectivity index (χ2n) is 7.06. The number of aryl methyl sites for hydroxylation is 2. The third kappa shape index (κ3) is 3.69. The predicted molar refractivity (Wildman–Crippen MR) is 101 cm³/mol. The molecule has 0 amide bonds. The first-order valence-electron chi connectivity index (χ1n) is 9.02. The fourth-order valence-corrected chi connectivity index (χ4v) is 3.35. The lowest BCUT2D eigenvalue weighted by molar-refractivity contribution is 0.573. The number of nitrogens with zero attached hydrogens (tertiary/aromatic N) is 3. The highest BCUT2D eigenvalue weighted by Crippen LogP contribution is 2.30. The van der Waals surface area contributed by atoms with Crippen molar-refractivity contribution in [3.05, 3.63) is 41.1 Å². The van der Waals surface area contributed by atoms with E-state index in [2.05, 4.69) is 60.2 Å². The Hall–Kier alpha value is -2.10. The molecule has 1 N–H and O–H groups in total. The minimum absolute atomic E-state index is 0.457. The monoisotopic (exact) mass is 324 g/mol. The Balaban J connectivity index is 1.92. The molecule has 1 aliphatic rings. The van der Waals surface area contributed by atoms with Crippen molar-refractivity contribution in [1.82, 2.24) is 9.97 Å². The van der Waals surface area contributed by atoms with Crippen LogP contribution >= 0.6 is 0 Å². The van der Waals surface area contributed by atoms with Gasteiger partial charge in [0.1, 0.15) is 5.82 Å². The van der Waals surface area contributed by atoms with Crippen molar-refractivity contribution in [2.45, 2.75) is 52.9 Å². The number of nitrogens with one attached hydrogen (secondary N) is 1. The van der Waals surface area contributed by atoms with E-state index < -0.39 is 0 Å². The summed E-state index contributed by atoms with van der Waals surface area (Å²) in [5, 5.41) is 3.49. The van der Waals surface area contributed by atoms with Crippen molar-refractivity contribution in [1.29, 1.82) is 0 Å².